The molecule has 0 spiro atoms. The number of carbonyl (C=O) groups excluding carboxylic acids is 1. The number of hydrogen-bond donors (Lipinski definition) is 1. The minimum Gasteiger partial charge on any atom is -0.496 e. The smallest absolute Gasteiger partial charge is 0.325 e. The van der Waals surface area contributed by atoms with E-state index >= 15 is 0 Å². The van der Waals surface area contributed by atoms with E-state index in [0.29, 0.717) is 12.8 Å². The van der Waals surface area contributed by atoms with Gasteiger partial charge in [-0.05, 0) is 30.5 Å². The average molecular weight is 408 g/mol. The number of hydrogen-bond acceptors (Lipinski definition) is 5. The third kappa shape index (κ3) is 3.93. The van der Waals surface area contributed by atoms with Crippen molar-refractivity contribution in [2.24, 2.45) is 0 Å². The summed E-state index contributed by atoms with van der Waals surface area (Å²) in [5.74, 6) is 0.474. The van der Waals surface area contributed by atoms with Gasteiger partial charge in [-0.25, -0.2) is 0 Å². The molecule has 2 heterocycles. The molecule has 0 unspecified atom stereocenters. The summed E-state index contributed by atoms with van der Waals surface area (Å²) in [6.07, 6.45) is 3.34. The zero-order valence-electron chi connectivity index (χ0n) is 17.5. The summed E-state index contributed by atoms with van der Waals surface area (Å²) >= 11 is 0. The highest BCUT2D eigenvalue weighted by Crippen LogP contribution is 2.38. The first-order valence-corrected chi connectivity index (χ1v) is 10.3. The lowest BCUT2D eigenvalue weighted by molar-refractivity contribution is -0.141. The molecule has 2 aromatic carbocycles. The molecule has 0 bridgehead atoms. The summed E-state index contributed by atoms with van der Waals surface area (Å²) in [6, 6.07) is 15.8. The van der Waals surface area contributed by atoms with Crippen molar-refractivity contribution in [2.75, 3.05) is 27.3 Å². The molecule has 1 aromatic heterocycles. The second-order valence-corrected chi connectivity index (χ2v) is 7.88. The lowest BCUT2D eigenvalue weighted by Crippen LogP contribution is -2.42. The fourth-order valence-corrected chi connectivity index (χ4v) is 4.40. The Morgan fingerprint density at radius 3 is 2.50 bits per heavy atom. The topological polar surface area (TPSA) is 63.9 Å². The lowest BCUT2D eigenvalue weighted by Gasteiger charge is -2.39. The van der Waals surface area contributed by atoms with Crippen LogP contribution in [0.3, 0.4) is 0 Å². The van der Waals surface area contributed by atoms with E-state index in [0.717, 1.165) is 41.9 Å². The second kappa shape index (κ2) is 8.50. The molecule has 0 radical (unpaired) electrons. The van der Waals surface area contributed by atoms with E-state index in [1.165, 1.54) is 12.7 Å². The van der Waals surface area contributed by atoms with Gasteiger partial charge in [0, 0.05) is 42.3 Å². The zero-order valence-corrected chi connectivity index (χ0v) is 17.5. The lowest BCUT2D eigenvalue weighted by atomic mass is 9.84. The summed E-state index contributed by atoms with van der Waals surface area (Å²) in [7, 11) is 3.05. The first-order chi connectivity index (χ1) is 14.5. The number of aromatic nitrogens is 1. The van der Waals surface area contributed by atoms with Crippen molar-refractivity contribution in [3.05, 3.63) is 65.9 Å². The van der Waals surface area contributed by atoms with Crippen molar-refractivity contribution < 1.29 is 19.4 Å². The van der Waals surface area contributed by atoms with Crippen LogP contribution in [0.25, 0.3) is 10.9 Å². The van der Waals surface area contributed by atoms with Crippen molar-refractivity contribution in [1.82, 2.24) is 9.47 Å². The van der Waals surface area contributed by atoms with Crippen LogP contribution in [0.2, 0.25) is 0 Å². The van der Waals surface area contributed by atoms with Crippen LogP contribution in [-0.4, -0.2) is 47.9 Å². The highest BCUT2D eigenvalue weighted by atomic mass is 16.5. The molecule has 1 saturated heterocycles. The maximum atomic E-state index is 11.8. The molecule has 30 heavy (non-hydrogen) atoms. The molecule has 0 amide bonds. The molecular weight excluding hydrogens is 380 g/mol. The maximum Gasteiger partial charge on any atom is 0.325 e. The fourth-order valence-electron chi connectivity index (χ4n) is 4.40. The van der Waals surface area contributed by atoms with Gasteiger partial charge < -0.3 is 19.1 Å². The van der Waals surface area contributed by atoms with Crippen LogP contribution in [0.4, 0.5) is 0 Å². The Morgan fingerprint density at radius 1 is 1.07 bits per heavy atom. The normalized spacial score (nSPS) is 16.5. The van der Waals surface area contributed by atoms with E-state index in [4.69, 9.17) is 9.47 Å². The summed E-state index contributed by atoms with van der Waals surface area (Å²) in [6.45, 7) is 2.54. The van der Waals surface area contributed by atoms with E-state index in [2.05, 4.69) is 11.0 Å². The van der Waals surface area contributed by atoms with Gasteiger partial charge >= 0.3 is 5.97 Å². The Hall–Kier alpha value is -2.83. The molecule has 1 N–H and O–H groups in total. The zero-order chi connectivity index (χ0) is 21.1. The average Bonchev–Trinajstić information content (AvgIpc) is 3.12. The molecule has 0 saturated carbocycles. The molecule has 3 aromatic rings. The highest BCUT2D eigenvalue weighted by Gasteiger charge is 2.36. The molecule has 1 aliphatic heterocycles. The van der Waals surface area contributed by atoms with Gasteiger partial charge in [-0.1, -0.05) is 36.4 Å². The van der Waals surface area contributed by atoms with Crippen LogP contribution < -0.4 is 4.74 Å². The Kier molecular flexibility index (Phi) is 5.79. The number of esters is 1. The number of likely N-dealkylation sites (tertiary alicyclic amines) is 1. The van der Waals surface area contributed by atoms with Gasteiger partial charge in [0.2, 0.25) is 0 Å². The highest BCUT2D eigenvalue weighted by molar-refractivity contribution is 5.85. The first-order valence-electron chi connectivity index (χ1n) is 10.3. The Balaban J connectivity index is 1.50. The van der Waals surface area contributed by atoms with Crippen molar-refractivity contribution in [3.8, 4) is 5.75 Å². The van der Waals surface area contributed by atoms with Gasteiger partial charge in [0.05, 0.1) is 19.8 Å². The molecule has 4 rings (SSSR count). The predicted octanol–water partition coefficient (Wildman–Crippen LogP) is 3.31. The monoisotopic (exact) mass is 408 g/mol. The molecule has 6 heteroatoms. The first kappa shape index (κ1) is 20.4. The second-order valence-electron chi connectivity index (χ2n) is 7.88. The number of para-hydroxylation sites is 2. The van der Waals surface area contributed by atoms with E-state index in [1.54, 1.807) is 7.11 Å². The van der Waals surface area contributed by atoms with Crippen LogP contribution >= 0.6 is 0 Å². The fraction of sp³-hybridized carbons (Fsp3) is 0.375. The number of ether oxygens (including phenoxy) is 2. The van der Waals surface area contributed by atoms with E-state index in [-0.39, 0.29) is 12.5 Å². The van der Waals surface area contributed by atoms with Crippen molar-refractivity contribution >= 4 is 16.9 Å². The number of benzene rings is 2. The number of rotatable bonds is 6. The van der Waals surface area contributed by atoms with Crippen molar-refractivity contribution in [3.63, 3.8) is 0 Å². The van der Waals surface area contributed by atoms with Gasteiger partial charge in [-0.15, -0.1) is 0 Å². The summed E-state index contributed by atoms with van der Waals surface area (Å²) in [5, 5.41) is 12.4. The van der Waals surface area contributed by atoms with E-state index in [1.807, 2.05) is 53.2 Å². The molecular formula is C24H28N2O4. The number of nitrogens with zero attached hydrogens (tertiary/aromatic N) is 2. The van der Waals surface area contributed by atoms with Crippen molar-refractivity contribution in [1.29, 1.82) is 0 Å². The molecule has 1 aliphatic rings. The number of methoxy groups -OCH3 is 2. The number of aliphatic hydroxyl groups is 1. The third-order valence-electron chi connectivity index (χ3n) is 6.08. The molecule has 6 nitrogen and oxygen atoms in total. The Labute approximate surface area is 176 Å². The van der Waals surface area contributed by atoms with Gasteiger partial charge in [-0.3, -0.25) is 9.69 Å². The Morgan fingerprint density at radius 2 is 1.77 bits per heavy atom. The SMILES string of the molecule is COC(=O)Cn1cc(CN2CCC(O)(c3ccccc3OC)CC2)c2ccccc21. The number of fused-ring (bicyclic) bond motifs is 1. The molecule has 0 atom stereocenters. The molecule has 1 fully saturated rings. The molecule has 0 aliphatic carbocycles. The quantitative estimate of drug-likeness (QED) is 0.634. The van der Waals surface area contributed by atoms with E-state index < -0.39 is 5.60 Å². The largest absolute Gasteiger partial charge is 0.496 e. The predicted molar refractivity (Wildman–Crippen MR) is 115 cm³/mol. The van der Waals surface area contributed by atoms with Crippen LogP contribution in [0.5, 0.6) is 5.75 Å². The third-order valence-corrected chi connectivity index (χ3v) is 6.08. The summed E-state index contributed by atoms with van der Waals surface area (Å²) in [4.78, 5) is 14.1. The number of carbonyl (C=O) groups is 1. The van der Waals surface area contributed by atoms with Gasteiger partial charge in [0.1, 0.15) is 12.3 Å². The summed E-state index contributed by atoms with van der Waals surface area (Å²) in [5.41, 5.74) is 2.20. The van der Waals surface area contributed by atoms with Crippen molar-refractivity contribution in [2.45, 2.75) is 31.5 Å². The van der Waals surface area contributed by atoms with E-state index in [9.17, 15) is 9.90 Å². The van der Waals surface area contributed by atoms with Crippen LogP contribution in [0.15, 0.2) is 54.7 Å². The minimum atomic E-state index is -0.873. The van der Waals surface area contributed by atoms with Crippen LogP contribution in [0, 0.1) is 0 Å². The van der Waals surface area contributed by atoms with Gasteiger partial charge in [-0.2, -0.15) is 0 Å². The standard InChI is InChI=1S/C24H28N2O4/c1-29-22-10-6-4-8-20(22)24(28)11-13-25(14-12-24)15-18-16-26(17-23(27)30-2)21-9-5-3-7-19(18)21/h3-10,16,28H,11-15,17H2,1-2H3. The van der Waals surface area contributed by atoms with Gasteiger partial charge in [0.15, 0.2) is 0 Å². The molecule has 158 valence electrons. The van der Waals surface area contributed by atoms with Crippen LogP contribution in [0.1, 0.15) is 24.0 Å². The maximum absolute atomic E-state index is 11.8. The van der Waals surface area contributed by atoms with Crippen LogP contribution in [-0.2, 0) is 28.2 Å². The minimum absolute atomic E-state index is 0.199. The van der Waals surface area contributed by atoms with Gasteiger partial charge in [0.25, 0.3) is 0 Å². The Bertz CT molecular complexity index is 1030. The summed E-state index contributed by atoms with van der Waals surface area (Å²) < 4.78 is 12.3. The number of piperidine rings is 1.